The summed E-state index contributed by atoms with van der Waals surface area (Å²) in [7, 11) is 0. The molecule has 1 saturated carbocycles. The van der Waals surface area contributed by atoms with Gasteiger partial charge in [-0.25, -0.2) is 0 Å². The highest BCUT2D eigenvalue weighted by Crippen LogP contribution is 2.38. The zero-order chi connectivity index (χ0) is 14.2. The van der Waals surface area contributed by atoms with Gasteiger partial charge in [0.25, 0.3) is 0 Å². The molecule has 2 unspecified atom stereocenters. The maximum atomic E-state index is 12.5. The molecule has 1 heterocycles. The lowest BCUT2D eigenvalue weighted by Gasteiger charge is -2.23. The number of hydrogen-bond donors (Lipinski definition) is 1. The molecule has 0 radical (unpaired) electrons. The third kappa shape index (κ3) is 2.93. The van der Waals surface area contributed by atoms with Crippen LogP contribution in [0.2, 0.25) is 0 Å². The van der Waals surface area contributed by atoms with E-state index < -0.39 is 11.9 Å². The number of hydrogen-bond acceptors (Lipinski definition) is 2. The van der Waals surface area contributed by atoms with Crippen molar-refractivity contribution in [1.82, 2.24) is 4.90 Å². The number of nitrogens with zero attached hydrogens (tertiary/aromatic N) is 1. The van der Waals surface area contributed by atoms with Crippen LogP contribution in [0.25, 0.3) is 0 Å². The molecule has 0 aromatic rings. The molecule has 4 heteroatoms. The van der Waals surface area contributed by atoms with Crippen molar-refractivity contribution < 1.29 is 14.7 Å². The quantitative estimate of drug-likeness (QED) is 0.853. The van der Waals surface area contributed by atoms with Gasteiger partial charge in [-0.15, -0.1) is 0 Å². The summed E-state index contributed by atoms with van der Waals surface area (Å²) < 4.78 is 0. The molecule has 2 fully saturated rings. The number of carboxylic acids is 1. The summed E-state index contributed by atoms with van der Waals surface area (Å²) >= 11 is 0. The molecule has 108 valence electrons. The summed E-state index contributed by atoms with van der Waals surface area (Å²) in [5.41, 5.74) is 0. The van der Waals surface area contributed by atoms with Gasteiger partial charge in [-0.3, -0.25) is 9.59 Å². The summed E-state index contributed by atoms with van der Waals surface area (Å²) in [5, 5.41) is 9.26. The molecule has 19 heavy (non-hydrogen) atoms. The summed E-state index contributed by atoms with van der Waals surface area (Å²) in [6, 6.07) is 0. The Morgan fingerprint density at radius 2 is 1.84 bits per heavy atom. The van der Waals surface area contributed by atoms with Crippen LogP contribution in [0.15, 0.2) is 0 Å². The number of carbonyl (C=O) groups excluding carboxylic acids is 1. The topological polar surface area (TPSA) is 57.6 Å². The Balaban J connectivity index is 2.01. The Morgan fingerprint density at radius 1 is 1.21 bits per heavy atom. The van der Waals surface area contributed by atoms with Crippen molar-refractivity contribution in [3.8, 4) is 0 Å². The molecular weight excluding hydrogens is 242 g/mol. The molecule has 1 amide bonds. The molecule has 4 nitrogen and oxygen atoms in total. The fraction of sp³-hybridized carbons (Fsp3) is 0.867. The Morgan fingerprint density at radius 3 is 2.37 bits per heavy atom. The van der Waals surface area contributed by atoms with E-state index in [1.54, 1.807) is 0 Å². The first-order valence-electron chi connectivity index (χ1n) is 7.41. The third-order valence-corrected chi connectivity index (χ3v) is 4.91. The fourth-order valence-electron chi connectivity index (χ4n) is 3.60. The van der Waals surface area contributed by atoms with Crippen molar-refractivity contribution in [2.75, 3.05) is 13.1 Å². The van der Waals surface area contributed by atoms with Crippen LogP contribution in [-0.2, 0) is 9.59 Å². The largest absolute Gasteiger partial charge is 0.481 e. The predicted octanol–water partition coefficient (Wildman–Crippen LogP) is 2.24. The minimum absolute atomic E-state index is 0.0832. The monoisotopic (exact) mass is 267 g/mol. The maximum absolute atomic E-state index is 12.5. The van der Waals surface area contributed by atoms with E-state index in [2.05, 4.69) is 13.8 Å². The van der Waals surface area contributed by atoms with Crippen LogP contribution < -0.4 is 0 Å². The van der Waals surface area contributed by atoms with E-state index in [0.717, 1.165) is 25.9 Å². The molecule has 0 aromatic heterocycles. The predicted molar refractivity (Wildman–Crippen MR) is 72.5 cm³/mol. The van der Waals surface area contributed by atoms with Crippen LogP contribution >= 0.6 is 0 Å². The second kappa shape index (κ2) is 5.51. The SMILES string of the molecule is CC1C[C@H](C(=O)N2CCC(C(C)C)C2)[C@H](C(=O)O)C1. The van der Waals surface area contributed by atoms with E-state index in [0.29, 0.717) is 24.2 Å². The Kier molecular flexibility index (Phi) is 4.16. The lowest BCUT2D eigenvalue weighted by atomic mass is 9.94. The second-order valence-corrected chi connectivity index (χ2v) is 6.70. The molecule has 2 aliphatic rings. The molecular formula is C15H25NO3. The highest BCUT2D eigenvalue weighted by atomic mass is 16.4. The van der Waals surface area contributed by atoms with Gasteiger partial charge in [-0.1, -0.05) is 20.8 Å². The zero-order valence-corrected chi connectivity index (χ0v) is 12.1. The molecule has 1 saturated heterocycles. The van der Waals surface area contributed by atoms with Gasteiger partial charge in [0, 0.05) is 13.1 Å². The standard InChI is InChI=1S/C15H25NO3/c1-9(2)11-4-5-16(8-11)14(17)12-6-10(3)7-13(12)15(18)19/h9-13H,4-8H2,1-3H3,(H,18,19)/t10?,11?,12-,13+/m0/s1. The molecule has 1 aliphatic heterocycles. The average Bonchev–Trinajstić information content (AvgIpc) is 2.94. The first-order chi connectivity index (χ1) is 8.90. The highest BCUT2D eigenvalue weighted by molar-refractivity contribution is 5.85. The van der Waals surface area contributed by atoms with Crippen molar-refractivity contribution in [2.24, 2.45) is 29.6 Å². The van der Waals surface area contributed by atoms with E-state index in [-0.39, 0.29) is 11.8 Å². The van der Waals surface area contributed by atoms with Crippen LogP contribution in [-0.4, -0.2) is 35.0 Å². The molecule has 0 bridgehead atoms. The smallest absolute Gasteiger partial charge is 0.307 e. The van der Waals surface area contributed by atoms with E-state index in [1.807, 2.05) is 11.8 Å². The van der Waals surface area contributed by atoms with Crippen LogP contribution in [0.3, 0.4) is 0 Å². The number of carbonyl (C=O) groups is 2. The second-order valence-electron chi connectivity index (χ2n) is 6.70. The summed E-state index contributed by atoms with van der Waals surface area (Å²) in [6.07, 6.45) is 2.44. The van der Waals surface area contributed by atoms with Crippen LogP contribution in [0.4, 0.5) is 0 Å². The Hall–Kier alpha value is -1.06. The van der Waals surface area contributed by atoms with Crippen molar-refractivity contribution in [2.45, 2.75) is 40.0 Å². The first-order valence-corrected chi connectivity index (χ1v) is 7.41. The lowest BCUT2D eigenvalue weighted by molar-refractivity contribution is -0.148. The molecule has 0 spiro atoms. The van der Waals surface area contributed by atoms with Gasteiger partial charge in [0.2, 0.25) is 5.91 Å². The normalized spacial score (nSPS) is 35.1. The van der Waals surface area contributed by atoms with Crippen molar-refractivity contribution in [1.29, 1.82) is 0 Å². The highest BCUT2D eigenvalue weighted by Gasteiger charge is 2.44. The Labute approximate surface area is 115 Å². The summed E-state index contributed by atoms with van der Waals surface area (Å²) in [5.74, 6) is 0.0291. The number of aliphatic carboxylic acids is 1. The number of carboxylic acid groups (broad SMARTS) is 1. The van der Waals surface area contributed by atoms with E-state index in [4.69, 9.17) is 0 Å². The van der Waals surface area contributed by atoms with Crippen LogP contribution in [0, 0.1) is 29.6 Å². The number of rotatable bonds is 3. The van der Waals surface area contributed by atoms with Crippen LogP contribution in [0.1, 0.15) is 40.0 Å². The fourth-order valence-corrected chi connectivity index (χ4v) is 3.60. The molecule has 0 aromatic carbocycles. The van der Waals surface area contributed by atoms with Gasteiger partial charge in [-0.05, 0) is 37.0 Å². The Bertz CT molecular complexity index is 366. The third-order valence-electron chi connectivity index (χ3n) is 4.91. The van der Waals surface area contributed by atoms with Gasteiger partial charge in [0.1, 0.15) is 0 Å². The van der Waals surface area contributed by atoms with E-state index in [1.165, 1.54) is 0 Å². The summed E-state index contributed by atoms with van der Waals surface area (Å²) in [6.45, 7) is 8.05. The minimum atomic E-state index is -0.803. The van der Waals surface area contributed by atoms with Gasteiger partial charge in [0.15, 0.2) is 0 Å². The van der Waals surface area contributed by atoms with Gasteiger partial charge in [-0.2, -0.15) is 0 Å². The first kappa shape index (κ1) is 14.4. The maximum Gasteiger partial charge on any atom is 0.307 e. The number of amides is 1. The summed E-state index contributed by atoms with van der Waals surface area (Å²) in [4.78, 5) is 25.7. The molecule has 4 atom stereocenters. The number of likely N-dealkylation sites (tertiary alicyclic amines) is 1. The average molecular weight is 267 g/mol. The van der Waals surface area contributed by atoms with E-state index in [9.17, 15) is 14.7 Å². The zero-order valence-electron chi connectivity index (χ0n) is 12.1. The van der Waals surface area contributed by atoms with Gasteiger partial charge < -0.3 is 10.0 Å². The van der Waals surface area contributed by atoms with Crippen molar-refractivity contribution in [3.05, 3.63) is 0 Å². The molecule has 1 aliphatic carbocycles. The van der Waals surface area contributed by atoms with E-state index >= 15 is 0 Å². The van der Waals surface area contributed by atoms with Crippen LogP contribution in [0.5, 0.6) is 0 Å². The van der Waals surface area contributed by atoms with Crippen molar-refractivity contribution in [3.63, 3.8) is 0 Å². The van der Waals surface area contributed by atoms with Gasteiger partial charge >= 0.3 is 5.97 Å². The van der Waals surface area contributed by atoms with Crippen molar-refractivity contribution >= 4 is 11.9 Å². The minimum Gasteiger partial charge on any atom is -0.481 e. The lowest BCUT2D eigenvalue weighted by Crippen LogP contribution is -2.38. The molecule has 2 rings (SSSR count). The van der Waals surface area contributed by atoms with Gasteiger partial charge in [0.05, 0.1) is 11.8 Å². The molecule has 1 N–H and O–H groups in total.